The Morgan fingerprint density at radius 1 is 1.50 bits per heavy atom. The molecule has 76 valence electrons. The van der Waals surface area contributed by atoms with E-state index in [0.717, 1.165) is 5.56 Å². The zero-order chi connectivity index (χ0) is 9.84. The predicted octanol–water partition coefficient (Wildman–Crippen LogP) is -3.06. The van der Waals surface area contributed by atoms with Gasteiger partial charge in [0.1, 0.15) is 0 Å². The van der Waals surface area contributed by atoms with Gasteiger partial charge in [0.05, 0.1) is 0 Å². The molecule has 0 atom stereocenters. The summed E-state index contributed by atoms with van der Waals surface area (Å²) in [6, 6.07) is 3.65. The molecule has 5 heteroatoms. The number of rotatable bonds is 3. The zero-order valence-electron chi connectivity index (χ0n) is 7.61. The molecule has 1 rings (SSSR count). The fraction of sp³-hybridized carbons (Fsp3) is 0.222. The van der Waals surface area contributed by atoms with E-state index >= 15 is 0 Å². The number of aliphatic carboxylic acids is 1. The highest BCUT2D eigenvalue weighted by atomic mass is 35.5. The van der Waals surface area contributed by atoms with Crippen molar-refractivity contribution in [2.24, 2.45) is 0 Å². The summed E-state index contributed by atoms with van der Waals surface area (Å²) in [4.78, 5) is 21.0. The molecule has 1 heterocycles. The van der Waals surface area contributed by atoms with Gasteiger partial charge in [-0.15, -0.1) is 0 Å². The van der Waals surface area contributed by atoms with E-state index < -0.39 is 11.8 Å². The number of carbonyl (C=O) groups is 2. The van der Waals surface area contributed by atoms with Crippen LogP contribution in [0.25, 0.3) is 0 Å². The molecule has 0 aromatic carbocycles. The minimum absolute atomic E-state index is 0. The number of halogens is 1. The lowest BCUT2D eigenvalue weighted by Crippen LogP contribution is -3.00. The van der Waals surface area contributed by atoms with Gasteiger partial charge in [-0.25, -0.2) is 4.79 Å². The van der Waals surface area contributed by atoms with Crippen LogP contribution < -0.4 is 17.0 Å². The van der Waals surface area contributed by atoms with Crippen LogP contribution >= 0.6 is 0 Å². The Kier molecular flexibility index (Phi) is 4.80. The SMILES string of the molecule is Cc1ccc[n+](CC(=O)C(=O)O)c1.[Cl-]. The molecule has 0 spiro atoms. The molecule has 0 bridgehead atoms. The van der Waals surface area contributed by atoms with Crippen molar-refractivity contribution in [2.75, 3.05) is 0 Å². The number of nitrogens with zero attached hydrogens (tertiary/aromatic N) is 1. The minimum atomic E-state index is -1.39. The van der Waals surface area contributed by atoms with Crippen molar-refractivity contribution >= 4 is 11.8 Å². The second-order valence-electron chi connectivity index (χ2n) is 2.78. The van der Waals surface area contributed by atoms with Gasteiger partial charge in [-0.05, 0) is 13.0 Å². The van der Waals surface area contributed by atoms with E-state index in [-0.39, 0.29) is 19.0 Å². The number of carboxylic acids is 1. The average Bonchev–Trinajstić information content (AvgIpc) is 2.04. The van der Waals surface area contributed by atoms with Crippen molar-refractivity contribution in [3.05, 3.63) is 30.1 Å². The van der Waals surface area contributed by atoms with Crippen LogP contribution in [0.4, 0.5) is 0 Å². The van der Waals surface area contributed by atoms with Gasteiger partial charge in [0, 0.05) is 11.6 Å². The smallest absolute Gasteiger partial charge is 0.379 e. The van der Waals surface area contributed by atoms with Gasteiger partial charge < -0.3 is 17.5 Å². The Morgan fingerprint density at radius 3 is 2.64 bits per heavy atom. The predicted molar refractivity (Wildman–Crippen MR) is 44.0 cm³/mol. The van der Waals surface area contributed by atoms with Crippen LogP contribution in [-0.2, 0) is 16.1 Å². The standard InChI is InChI=1S/C9H9NO3.ClH/c1-7-3-2-4-10(5-7)6-8(11)9(12)13;/h2-5H,6H2,1H3;1H. The molecule has 0 aliphatic heterocycles. The summed E-state index contributed by atoms with van der Waals surface area (Å²) in [5.41, 5.74) is 0.987. The Bertz CT molecular complexity index is 352. The topological polar surface area (TPSA) is 58.2 Å². The fourth-order valence-electron chi connectivity index (χ4n) is 0.985. The molecule has 4 nitrogen and oxygen atoms in total. The van der Waals surface area contributed by atoms with Gasteiger partial charge in [-0.3, -0.25) is 4.79 Å². The first kappa shape index (κ1) is 12.6. The molecule has 0 fully saturated rings. The van der Waals surface area contributed by atoms with E-state index in [1.165, 1.54) is 0 Å². The molecule has 0 radical (unpaired) electrons. The average molecular weight is 216 g/mol. The van der Waals surface area contributed by atoms with Crippen LogP contribution in [0.2, 0.25) is 0 Å². The van der Waals surface area contributed by atoms with Crippen molar-refractivity contribution in [2.45, 2.75) is 13.5 Å². The molecule has 1 aromatic rings. The van der Waals surface area contributed by atoms with Crippen LogP contribution in [0.5, 0.6) is 0 Å². The summed E-state index contributed by atoms with van der Waals surface area (Å²) < 4.78 is 1.55. The molecule has 14 heavy (non-hydrogen) atoms. The highest BCUT2D eigenvalue weighted by Gasteiger charge is 2.16. The Labute approximate surface area is 87.6 Å². The third kappa shape index (κ3) is 3.53. The van der Waals surface area contributed by atoms with Crippen LogP contribution in [0.15, 0.2) is 24.5 Å². The highest BCUT2D eigenvalue weighted by Crippen LogP contribution is 1.89. The third-order valence-corrected chi connectivity index (χ3v) is 1.57. The first-order valence-electron chi connectivity index (χ1n) is 3.81. The monoisotopic (exact) mass is 215 g/mol. The van der Waals surface area contributed by atoms with Crippen molar-refractivity contribution in [3.63, 3.8) is 0 Å². The molecular formula is C9H10ClNO3. The molecule has 0 amide bonds. The maximum atomic E-state index is 10.8. The van der Waals surface area contributed by atoms with Crippen molar-refractivity contribution in [3.8, 4) is 0 Å². The van der Waals surface area contributed by atoms with E-state index in [4.69, 9.17) is 5.11 Å². The Balaban J connectivity index is 0.00000169. The number of aromatic nitrogens is 1. The van der Waals surface area contributed by atoms with Crippen molar-refractivity contribution < 1.29 is 31.7 Å². The van der Waals surface area contributed by atoms with Gasteiger partial charge in [0.25, 0.3) is 0 Å². The van der Waals surface area contributed by atoms with Crippen LogP contribution in [0, 0.1) is 6.92 Å². The summed E-state index contributed by atoms with van der Waals surface area (Å²) >= 11 is 0. The Hall–Kier alpha value is -1.42. The number of aryl methyl sites for hydroxylation is 1. The lowest BCUT2D eigenvalue weighted by molar-refractivity contribution is -0.684. The molecular weight excluding hydrogens is 206 g/mol. The van der Waals surface area contributed by atoms with Gasteiger partial charge in [-0.2, -0.15) is 4.57 Å². The van der Waals surface area contributed by atoms with Crippen molar-refractivity contribution in [1.29, 1.82) is 0 Å². The van der Waals surface area contributed by atoms with E-state index in [1.807, 2.05) is 13.0 Å². The van der Waals surface area contributed by atoms with Crippen LogP contribution in [0.1, 0.15) is 5.56 Å². The first-order chi connectivity index (χ1) is 6.09. The summed E-state index contributed by atoms with van der Waals surface area (Å²) in [6.45, 7) is 1.76. The number of Topliss-reactive ketones (excluding diaryl/α,β-unsaturated/α-hetero) is 1. The molecule has 0 saturated heterocycles. The molecule has 0 aliphatic carbocycles. The molecule has 0 aliphatic rings. The lowest BCUT2D eigenvalue weighted by Gasteiger charge is -1.93. The molecule has 1 aromatic heterocycles. The van der Waals surface area contributed by atoms with E-state index in [2.05, 4.69) is 0 Å². The number of ketones is 1. The number of pyridine rings is 1. The van der Waals surface area contributed by atoms with E-state index in [1.54, 1.807) is 23.0 Å². The van der Waals surface area contributed by atoms with Crippen LogP contribution in [-0.4, -0.2) is 16.9 Å². The summed E-state index contributed by atoms with van der Waals surface area (Å²) in [6.07, 6.45) is 3.38. The fourth-order valence-corrected chi connectivity index (χ4v) is 0.985. The largest absolute Gasteiger partial charge is 1.00 e. The van der Waals surface area contributed by atoms with Gasteiger partial charge in [0.15, 0.2) is 12.4 Å². The number of hydrogen-bond acceptors (Lipinski definition) is 2. The molecule has 0 unspecified atom stereocenters. The maximum absolute atomic E-state index is 10.8. The number of hydrogen-bond donors (Lipinski definition) is 1. The lowest BCUT2D eigenvalue weighted by atomic mass is 10.3. The van der Waals surface area contributed by atoms with Gasteiger partial charge in [-0.1, -0.05) is 0 Å². The highest BCUT2D eigenvalue weighted by molar-refractivity contribution is 6.32. The normalized spacial score (nSPS) is 8.93. The van der Waals surface area contributed by atoms with Gasteiger partial charge in [0.2, 0.25) is 6.54 Å². The van der Waals surface area contributed by atoms with E-state index in [0.29, 0.717) is 0 Å². The zero-order valence-corrected chi connectivity index (χ0v) is 8.36. The Morgan fingerprint density at radius 2 is 2.14 bits per heavy atom. The molecule has 0 saturated carbocycles. The molecule has 1 N–H and O–H groups in total. The first-order valence-corrected chi connectivity index (χ1v) is 3.81. The van der Waals surface area contributed by atoms with Gasteiger partial charge >= 0.3 is 11.8 Å². The summed E-state index contributed by atoms with van der Waals surface area (Å²) in [5.74, 6) is -2.20. The number of carboxylic acid groups (broad SMARTS) is 1. The maximum Gasteiger partial charge on any atom is 0.379 e. The summed E-state index contributed by atoms with van der Waals surface area (Å²) in [5, 5.41) is 8.35. The minimum Gasteiger partial charge on any atom is -1.00 e. The van der Waals surface area contributed by atoms with E-state index in [9.17, 15) is 9.59 Å². The second kappa shape index (κ2) is 5.34. The van der Waals surface area contributed by atoms with Crippen molar-refractivity contribution in [1.82, 2.24) is 0 Å². The summed E-state index contributed by atoms with van der Waals surface area (Å²) in [7, 11) is 0. The quantitative estimate of drug-likeness (QED) is 0.430. The van der Waals surface area contributed by atoms with Crippen LogP contribution in [0.3, 0.4) is 0 Å². The number of carbonyl (C=O) groups excluding carboxylic acids is 1. The third-order valence-electron chi connectivity index (χ3n) is 1.57. The second-order valence-corrected chi connectivity index (χ2v) is 2.78.